The zero-order chi connectivity index (χ0) is 15.2. The highest BCUT2D eigenvalue weighted by Gasteiger charge is 2.19. The summed E-state index contributed by atoms with van der Waals surface area (Å²) in [5.74, 6) is 0. The van der Waals surface area contributed by atoms with Gasteiger partial charge in [-0.2, -0.15) is 0 Å². The van der Waals surface area contributed by atoms with Crippen molar-refractivity contribution in [3.8, 4) is 0 Å². The van der Waals surface area contributed by atoms with Crippen LogP contribution in [0.15, 0.2) is 12.1 Å². The van der Waals surface area contributed by atoms with Crippen LogP contribution < -0.4 is 5.32 Å². The predicted molar refractivity (Wildman–Crippen MR) is 89.9 cm³/mol. The Kier molecular flexibility index (Phi) is 6.70. The third kappa shape index (κ3) is 6.38. The Hall–Kier alpha value is -0.380. The van der Waals surface area contributed by atoms with Crippen molar-refractivity contribution in [2.75, 3.05) is 26.8 Å². The Morgan fingerprint density at radius 2 is 1.85 bits per heavy atom. The van der Waals surface area contributed by atoms with Gasteiger partial charge in [0.15, 0.2) is 0 Å². The molecule has 0 aliphatic heterocycles. The highest BCUT2D eigenvalue weighted by Crippen LogP contribution is 2.31. The van der Waals surface area contributed by atoms with E-state index in [1.165, 1.54) is 22.6 Å². The van der Waals surface area contributed by atoms with Crippen molar-refractivity contribution in [3.63, 3.8) is 0 Å². The van der Waals surface area contributed by atoms with Crippen molar-refractivity contribution in [2.45, 2.75) is 52.9 Å². The van der Waals surface area contributed by atoms with Crippen molar-refractivity contribution in [3.05, 3.63) is 21.9 Å². The minimum Gasteiger partial charge on any atom is -0.383 e. The van der Waals surface area contributed by atoms with Gasteiger partial charge in [-0.15, -0.1) is 11.3 Å². The summed E-state index contributed by atoms with van der Waals surface area (Å²) in [4.78, 5) is 3.00. The van der Waals surface area contributed by atoms with Gasteiger partial charge in [-0.05, 0) is 35.8 Å². The lowest BCUT2D eigenvalue weighted by Crippen LogP contribution is -2.31. The summed E-state index contributed by atoms with van der Waals surface area (Å²) in [6, 6.07) is 4.60. The molecule has 0 amide bonds. The topological polar surface area (TPSA) is 21.3 Å². The molecule has 1 N–H and O–H groups in total. The first-order valence-corrected chi connectivity index (χ1v) is 8.35. The molecule has 1 aromatic rings. The van der Waals surface area contributed by atoms with E-state index >= 15 is 0 Å². The number of nitrogens with one attached hydrogen (secondary N) is 1. The summed E-state index contributed by atoms with van der Waals surface area (Å²) in [6.45, 7) is 14.3. The molecule has 0 bridgehead atoms. The van der Waals surface area contributed by atoms with E-state index in [-0.39, 0.29) is 5.41 Å². The van der Waals surface area contributed by atoms with E-state index in [1.807, 2.05) is 11.3 Å². The number of thiophene rings is 1. The summed E-state index contributed by atoms with van der Waals surface area (Å²) in [6.07, 6.45) is 2.40. The van der Waals surface area contributed by atoms with Crippen LogP contribution in [0.5, 0.6) is 0 Å². The minimum absolute atomic E-state index is 0.278. The van der Waals surface area contributed by atoms with Gasteiger partial charge in [0.2, 0.25) is 0 Å². The number of ether oxygens (including phenoxy) is 1. The molecule has 0 radical (unpaired) electrons. The quantitative estimate of drug-likeness (QED) is 0.725. The second-order valence-corrected chi connectivity index (χ2v) is 8.52. The maximum atomic E-state index is 5.06. The van der Waals surface area contributed by atoms with Crippen LogP contribution in [0.4, 0.5) is 0 Å². The Morgan fingerprint density at radius 1 is 1.15 bits per heavy atom. The van der Waals surface area contributed by atoms with Crippen molar-refractivity contribution >= 4 is 11.3 Å². The van der Waals surface area contributed by atoms with Crippen molar-refractivity contribution in [2.24, 2.45) is 5.41 Å². The van der Waals surface area contributed by atoms with E-state index in [1.54, 1.807) is 7.11 Å². The number of aryl methyl sites for hydroxylation is 1. The molecule has 0 saturated carbocycles. The third-order valence-electron chi connectivity index (χ3n) is 3.54. The van der Waals surface area contributed by atoms with Crippen LogP contribution in [0.3, 0.4) is 0 Å². The highest BCUT2D eigenvalue weighted by molar-refractivity contribution is 7.12. The molecule has 1 heterocycles. The van der Waals surface area contributed by atoms with Crippen LogP contribution in [-0.2, 0) is 16.6 Å². The van der Waals surface area contributed by atoms with Crippen molar-refractivity contribution in [1.29, 1.82) is 0 Å². The van der Waals surface area contributed by atoms with E-state index in [0.29, 0.717) is 5.41 Å². The average Bonchev–Trinajstić information content (AvgIpc) is 2.81. The Balaban J connectivity index is 2.39. The first kappa shape index (κ1) is 17.7. The second kappa shape index (κ2) is 7.58. The van der Waals surface area contributed by atoms with Gasteiger partial charge in [-0.25, -0.2) is 0 Å². The lowest BCUT2D eigenvalue weighted by Gasteiger charge is -2.25. The Morgan fingerprint density at radius 3 is 2.40 bits per heavy atom. The van der Waals surface area contributed by atoms with Gasteiger partial charge in [-0.1, -0.05) is 34.6 Å². The van der Waals surface area contributed by atoms with E-state index in [4.69, 9.17) is 4.74 Å². The fraction of sp³-hybridized carbons (Fsp3) is 0.765. The SMILES string of the molecule is COCCNCC(C)(C)CCc1ccc(C(C)(C)C)s1. The molecule has 1 aromatic heterocycles. The smallest absolute Gasteiger partial charge is 0.0587 e. The largest absolute Gasteiger partial charge is 0.383 e. The fourth-order valence-corrected chi connectivity index (χ4v) is 3.13. The van der Waals surface area contributed by atoms with Gasteiger partial charge < -0.3 is 10.1 Å². The van der Waals surface area contributed by atoms with Crippen LogP contribution in [0.25, 0.3) is 0 Å². The molecule has 0 saturated heterocycles. The molecule has 116 valence electrons. The van der Waals surface area contributed by atoms with Crippen LogP contribution in [0.2, 0.25) is 0 Å². The van der Waals surface area contributed by atoms with Gasteiger partial charge >= 0.3 is 0 Å². The summed E-state index contributed by atoms with van der Waals surface area (Å²) in [7, 11) is 1.75. The molecule has 0 spiro atoms. The van der Waals surface area contributed by atoms with Crippen LogP contribution >= 0.6 is 11.3 Å². The first-order valence-electron chi connectivity index (χ1n) is 7.53. The van der Waals surface area contributed by atoms with Gasteiger partial charge in [0.1, 0.15) is 0 Å². The standard InChI is InChI=1S/C17H31NOS/c1-16(2,3)15-8-7-14(20-15)9-10-17(4,5)13-18-11-12-19-6/h7-8,18H,9-13H2,1-6H3. The van der Waals surface area contributed by atoms with Gasteiger partial charge in [0.05, 0.1) is 6.61 Å². The Labute approximate surface area is 128 Å². The molecule has 0 aliphatic carbocycles. The summed E-state index contributed by atoms with van der Waals surface area (Å²) >= 11 is 1.97. The summed E-state index contributed by atoms with van der Waals surface area (Å²) in [5.41, 5.74) is 0.611. The fourth-order valence-electron chi connectivity index (χ4n) is 2.07. The molecule has 0 aromatic carbocycles. The minimum atomic E-state index is 0.278. The van der Waals surface area contributed by atoms with Crippen LogP contribution in [0, 0.1) is 5.41 Å². The number of hydrogen-bond donors (Lipinski definition) is 1. The summed E-state index contributed by atoms with van der Waals surface area (Å²) < 4.78 is 5.06. The Bertz CT molecular complexity index is 390. The van der Waals surface area contributed by atoms with Gasteiger partial charge in [0.25, 0.3) is 0 Å². The maximum Gasteiger partial charge on any atom is 0.0587 e. The van der Waals surface area contributed by atoms with Crippen molar-refractivity contribution in [1.82, 2.24) is 5.32 Å². The van der Waals surface area contributed by atoms with Gasteiger partial charge in [0, 0.05) is 30.0 Å². The summed E-state index contributed by atoms with van der Waals surface area (Å²) in [5, 5.41) is 3.47. The molecule has 1 rings (SSSR count). The molecule has 20 heavy (non-hydrogen) atoms. The predicted octanol–water partition coefficient (Wildman–Crippen LogP) is 4.24. The van der Waals surface area contributed by atoms with E-state index in [2.05, 4.69) is 52.1 Å². The lowest BCUT2D eigenvalue weighted by molar-refractivity contribution is 0.193. The number of rotatable bonds is 8. The van der Waals surface area contributed by atoms with Crippen molar-refractivity contribution < 1.29 is 4.74 Å². The number of hydrogen-bond acceptors (Lipinski definition) is 3. The molecule has 0 fully saturated rings. The molecular weight excluding hydrogens is 266 g/mol. The molecule has 0 unspecified atom stereocenters. The number of methoxy groups -OCH3 is 1. The van der Waals surface area contributed by atoms with Crippen LogP contribution in [-0.4, -0.2) is 26.8 Å². The zero-order valence-electron chi connectivity index (χ0n) is 14.0. The molecule has 3 heteroatoms. The first-order chi connectivity index (χ1) is 9.24. The average molecular weight is 298 g/mol. The highest BCUT2D eigenvalue weighted by atomic mass is 32.1. The third-order valence-corrected chi connectivity index (χ3v) is 5.11. The normalized spacial score (nSPS) is 12.9. The monoisotopic (exact) mass is 297 g/mol. The lowest BCUT2D eigenvalue weighted by atomic mass is 9.87. The van der Waals surface area contributed by atoms with Gasteiger partial charge in [-0.3, -0.25) is 0 Å². The zero-order valence-corrected chi connectivity index (χ0v) is 14.8. The maximum absolute atomic E-state index is 5.06. The van der Waals surface area contributed by atoms with E-state index in [0.717, 1.165) is 19.7 Å². The van der Waals surface area contributed by atoms with E-state index < -0.39 is 0 Å². The molecule has 0 atom stereocenters. The molecule has 2 nitrogen and oxygen atoms in total. The van der Waals surface area contributed by atoms with E-state index in [9.17, 15) is 0 Å². The molecular formula is C17H31NOS. The molecule has 0 aliphatic rings. The van der Waals surface area contributed by atoms with Crippen LogP contribution in [0.1, 0.15) is 50.8 Å². The second-order valence-electron chi connectivity index (χ2n) is 7.35.